The van der Waals surface area contributed by atoms with E-state index in [1.165, 1.54) is 4.68 Å². The summed E-state index contributed by atoms with van der Waals surface area (Å²) in [6.07, 6.45) is -0.0273. The molecule has 2 amide bonds. The van der Waals surface area contributed by atoms with Crippen LogP contribution in [0, 0.1) is 6.92 Å². The number of aromatic nitrogens is 3. The molecule has 3 rings (SSSR count). The predicted octanol–water partition coefficient (Wildman–Crippen LogP) is 1.27. The highest BCUT2D eigenvalue weighted by Crippen LogP contribution is 2.26. The summed E-state index contributed by atoms with van der Waals surface area (Å²) < 4.78 is 11.7. The van der Waals surface area contributed by atoms with Gasteiger partial charge in [-0.05, 0) is 18.6 Å². The van der Waals surface area contributed by atoms with E-state index in [1.54, 1.807) is 7.11 Å². The minimum atomic E-state index is -0.728. The third-order valence-electron chi connectivity index (χ3n) is 3.97. The summed E-state index contributed by atoms with van der Waals surface area (Å²) >= 11 is 0. The van der Waals surface area contributed by atoms with Crippen LogP contribution in [0.3, 0.4) is 0 Å². The monoisotopic (exact) mass is 359 g/mol. The summed E-state index contributed by atoms with van der Waals surface area (Å²) in [5.74, 6) is 0.210. The van der Waals surface area contributed by atoms with Crippen LogP contribution < -0.4 is 10.6 Å². The number of carbonyl (C=O) groups excluding carboxylic acids is 2. The normalized spacial score (nSPS) is 15.6. The highest BCUT2D eigenvalue weighted by molar-refractivity contribution is 6.01. The zero-order valence-electron chi connectivity index (χ0n) is 14.7. The Morgan fingerprint density at radius 3 is 2.92 bits per heavy atom. The molecule has 0 bridgehead atoms. The average Bonchev–Trinajstić information content (AvgIpc) is 3.12. The summed E-state index contributed by atoms with van der Waals surface area (Å²) in [5, 5.41) is 9.74. The van der Waals surface area contributed by atoms with Crippen molar-refractivity contribution in [1.82, 2.24) is 14.8 Å². The van der Waals surface area contributed by atoms with Crippen LogP contribution in [0.4, 0.5) is 11.6 Å². The maximum atomic E-state index is 12.3. The van der Waals surface area contributed by atoms with Crippen molar-refractivity contribution in [3.8, 4) is 0 Å². The Morgan fingerprint density at radius 2 is 2.15 bits per heavy atom. The molecule has 1 aromatic carbocycles. The molecule has 0 saturated heterocycles. The molecule has 138 valence electrons. The lowest BCUT2D eigenvalue weighted by Gasteiger charge is -2.11. The number of para-hydroxylation sites is 1. The molecule has 1 aliphatic heterocycles. The van der Waals surface area contributed by atoms with Gasteiger partial charge in [-0.1, -0.05) is 18.2 Å². The first-order valence-electron chi connectivity index (χ1n) is 8.27. The third-order valence-corrected chi connectivity index (χ3v) is 3.97. The van der Waals surface area contributed by atoms with Gasteiger partial charge in [0, 0.05) is 12.8 Å². The van der Waals surface area contributed by atoms with Crippen LogP contribution in [0.15, 0.2) is 24.3 Å². The van der Waals surface area contributed by atoms with Crippen molar-refractivity contribution in [1.29, 1.82) is 0 Å². The minimum Gasteiger partial charge on any atom is -0.382 e. The summed E-state index contributed by atoms with van der Waals surface area (Å²) in [6.45, 7) is 3.02. The Bertz CT molecular complexity index is 804. The van der Waals surface area contributed by atoms with Gasteiger partial charge in [-0.2, -0.15) is 10.1 Å². The SMILES string of the molecule is COCCOCc1nc2n(n1)C(CC(=O)Nc1ccccc1C)C(=O)N2. The Balaban J connectivity index is 1.62. The van der Waals surface area contributed by atoms with Gasteiger partial charge in [0.05, 0.1) is 19.6 Å². The van der Waals surface area contributed by atoms with Gasteiger partial charge in [0.1, 0.15) is 12.6 Å². The van der Waals surface area contributed by atoms with Crippen LogP contribution in [0.5, 0.6) is 0 Å². The molecule has 0 spiro atoms. The molecule has 2 heterocycles. The fourth-order valence-electron chi connectivity index (χ4n) is 2.61. The molecule has 1 aliphatic rings. The van der Waals surface area contributed by atoms with E-state index < -0.39 is 6.04 Å². The van der Waals surface area contributed by atoms with Gasteiger partial charge in [-0.25, -0.2) is 4.68 Å². The highest BCUT2D eigenvalue weighted by atomic mass is 16.5. The molecule has 1 atom stereocenters. The van der Waals surface area contributed by atoms with Crippen molar-refractivity contribution in [2.75, 3.05) is 31.0 Å². The van der Waals surface area contributed by atoms with Crippen molar-refractivity contribution in [2.24, 2.45) is 0 Å². The first-order chi connectivity index (χ1) is 12.6. The lowest BCUT2D eigenvalue weighted by Crippen LogP contribution is -2.24. The van der Waals surface area contributed by atoms with Gasteiger partial charge in [0.25, 0.3) is 5.91 Å². The number of hydrogen-bond donors (Lipinski definition) is 2. The number of rotatable bonds is 8. The van der Waals surface area contributed by atoms with Crippen LogP contribution in [0.25, 0.3) is 0 Å². The molecular weight excluding hydrogens is 338 g/mol. The summed E-state index contributed by atoms with van der Waals surface area (Å²) in [7, 11) is 1.59. The van der Waals surface area contributed by atoms with Gasteiger partial charge in [-0.15, -0.1) is 0 Å². The predicted molar refractivity (Wildman–Crippen MR) is 93.6 cm³/mol. The van der Waals surface area contributed by atoms with Crippen LogP contribution in [-0.2, 0) is 25.7 Å². The number of aryl methyl sites for hydroxylation is 1. The van der Waals surface area contributed by atoms with Crippen molar-refractivity contribution in [2.45, 2.75) is 26.0 Å². The number of carbonyl (C=O) groups is 2. The number of benzene rings is 1. The van der Waals surface area contributed by atoms with Gasteiger partial charge < -0.3 is 14.8 Å². The van der Waals surface area contributed by atoms with Gasteiger partial charge >= 0.3 is 0 Å². The highest BCUT2D eigenvalue weighted by Gasteiger charge is 2.35. The van der Waals surface area contributed by atoms with Gasteiger partial charge in [0.15, 0.2) is 5.82 Å². The molecule has 1 aromatic heterocycles. The van der Waals surface area contributed by atoms with E-state index in [1.807, 2.05) is 31.2 Å². The van der Waals surface area contributed by atoms with Gasteiger partial charge in [0.2, 0.25) is 11.9 Å². The molecular formula is C17H21N5O4. The maximum absolute atomic E-state index is 12.3. The van der Waals surface area contributed by atoms with Crippen molar-refractivity contribution >= 4 is 23.5 Å². The number of ether oxygens (including phenoxy) is 2. The van der Waals surface area contributed by atoms with Crippen molar-refractivity contribution in [3.05, 3.63) is 35.7 Å². The number of nitrogens with one attached hydrogen (secondary N) is 2. The third kappa shape index (κ3) is 4.06. The molecule has 0 aliphatic carbocycles. The molecule has 0 fully saturated rings. The Kier molecular flexibility index (Phi) is 5.59. The molecule has 9 heteroatoms. The lowest BCUT2D eigenvalue weighted by molar-refractivity contribution is -0.123. The Morgan fingerprint density at radius 1 is 1.35 bits per heavy atom. The lowest BCUT2D eigenvalue weighted by atomic mass is 10.1. The van der Waals surface area contributed by atoms with Crippen LogP contribution in [-0.4, -0.2) is 46.9 Å². The largest absolute Gasteiger partial charge is 0.382 e. The molecule has 0 radical (unpaired) electrons. The Hall–Kier alpha value is -2.78. The first kappa shape index (κ1) is 18.0. The zero-order valence-corrected chi connectivity index (χ0v) is 14.7. The van der Waals surface area contributed by atoms with E-state index in [2.05, 4.69) is 20.7 Å². The minimum absolute atomic E-state index is 0.0273. The van der Waals surface area contributed by atoms with Crippen molar-refractivity contribution < 1.29 is 19.1 Å². The molecule has 2 aromatic rings. The number of hydrogen-bond acceptors (Lipinski definition) is 6. The fourth-order valence-corrected chi connectivity index (χ4v) is 2.61. The van der Waals surface area contributed by atoms with E-state index in [0.717, 1.165) is 11.3 Å². The number of nitrogens with zero attached hydrogens (tertiary/aromatic N) is 3. The number of anilines is 2. The van der Waals surface area contributed by atoms with E-state index in [9.17, 15) is 9.59 Å². The topological polar surface area (TPSA) is 107 Å². The standard InChI is InChI=1S/C17H21N5O4/c1-11-5-3-4-6-12(11)18-15(23)9-13-16(24)20-17-19-14(21-22(13)17)10-26-8-7-25-2/h3-6,13H,7-10H2,1-2H3,(H,18,23)(H,19,20,21,24). The Labute approximate surface area is 150 Å². The second kappa shape index (κ2) is 8.07. The smallest absolute Gasteiger partial charge is 0.252 e. The van der Waals surface area contributed by atoms with E-state index in [0.29, 0.717) is 25.0 Å². The number of methoxy groups -OCH3 is 1. The molecule has 26 heavy (non-hydrogen) atoms. The van der Waals surface area contributed by atoms with Crippen LogP contribution in [0.1, 0.15) is 23.9 Å². The fraction of sp³-hybridized carbons (Fsp3) is 0.412. The molecule has 1 unspecified atom stereocenters. The molecule has 2 N–H and O–H groups in total. The number of amides is 2. The van der Waals surface area contributed by atoms with Gasteiger partial charge in [-0.3, -0.25) is 14.9 Å². The summed E-state index contributed by atoms with van der Waals surface area (Å²) in [6, 6.07) is 6.74. The average molecular weight is 359 g/mol. The second-order valence-electron chi connectivity index (χ2n) is 5.91. The van der Waals surface area contributed by atoms with E-state index in [-0.39, 0.29) is 24.8 Å². The quantitative estimate of drug-likeness (QED) is 0.688. The maximum Gasteiger partial charge on any atom is 0.252 e. The molecule has 0 saturated carbocycles. The van der Waals surface area contributed by atoms with Crippen LogP contribution >= 0.6 is 0 Å². The second-order valence-corrected chi connectivity index (χ2v) is 5.91. The van der Waals surface area contributed by atoms with Crippen molar-refractivity contribution in [3.63, 3.8) is 0 Å². The summed E-state index contributed by atoms with van der Waals surface area (Å²) in [5.41, 5.74) is 1.68. The first-order valence-corrected chi connectivity index (χ1v) is 8.27. The van der Waals surface area contributed by atoms with Crippen LogP contribution in [0.2, 0.25) is 0 Å². The number of fused-ring (bicyclic) bond motifs is 1. The zero-order chi connectivity index (χ0) is 18.5. The summed E-state index contributed by atoms with van der Waals surface area (Å²) in [4.78, 5) is 28.7. The molecule has 9 nitrogen and oxygen atoms in total. The van der Waals surface area contributed by atoms with E-state index in [4.69, 9.17) is 9.47 Å². The van der Waals surface area contributed by atoms with E-state index >= 15 is 0 Å².